The third-order valence-electron chi connectivity index (χ3n) is 2.93. The number of carbonyl (C=O) groups is 1. The zero-order valence-electron chi connectivity index (χ0n) is 9.90. The summed E-state index contributed by atoms with van der Waals surface area (Å²) in [5.74, 6) is 0.211. The van der Waals surface area contributed by atoms with Crippen LogP contribution in [0.15, 0.2) is 0 Å². The molecule has 0 radical (unpaired) electrons. The van der Waals surface area contributed by atoms with Crippen molar-refractivity contribution in [2.24, 2.45) is 0 Å². The first kappa shape index (κ1) is 11.1. The smallest absolute Gasteiger partial charge is 0.314 e. The van der Waals surface area contributed by atoms with Gasteiger partial charge in [0.05, 0.1) is 0 Å². The van der Waals surface area contributed by atoms with Crippen LogP contribution in [-0.2, 0) is 16.8 Å². The molecule has 1 N–H and O–H groups in total. The zero-order chi connectivity index (χ0) is 11.9. The van der Waals surface area contributed by atoms with E-state index in [0.29, 0.717) is 12.2 Å². The lowest BCUT2D eigenvalue weighted by molar-refractivity contribution is -0.139. The van der Waals surface area contributed by atoms with Gasteiger partial charge in [-0.05, 0) is 12.8 Å². The standard InChI is InChI=1S/C11H17N3O2/c1-11(2,3)10-13-12-8-7(9(15)16)5-4-6-14(8)10/h7H,4-6H2,1-3H3,(H,15,16). The highest BCUT2D eigenvalue weighted by molar-refractivity contribution is 5.75. The molecule has 2 rings (SSSR count). The second kappa shape index (κ2) is 3.57. The fraction of sp³-hybridized carbons (Fsp3) is 0.727. The first-order chi connectivity index (χ1) is 7.41. The molecule has 0 bridgehead atoms. The average Bonchev–Trinajstić information content (AvgIpc) is 2.59. The van der Waals surface area contributed by atoms with Crippen LogP contribution < -0.4 is 0 Å². The fourth-order valence-corrected chi connectivity index (χ4v) is 2.16. The summed E-state index contributed by atoms with van der Waals surface area (Å²) in [5.41, 5.74) is -0.0916. The van der Waals surface area contributed by atoms with Crippen molar-refractivity contribution in [1.29, 1.82) is 0 Å². The first-order valence-electron chi connectivity index (χ1n) is 5.57. The van der Waals surface area contributed by atoms with Crippen molar-refractivity contribution in [2.75, 3.05) is 0 Å². The Balaban J connectivity index is 2.46. The summed E-state index contributed by atoms with van der Waals surface area (Å²) in [4.78, 5) is 11.1. The molecule has 1 aliphatic heterocycles. The molecule has 1 atom stereocenters. The van der Waals surface area contributed by atoms with E-state index in [0.717, 1.165) is 18.8 Å². The molecule has 0 amide bonds. The van der Waals surface area contributed by atoms with Gasteiger partial charge >= 0.3 is 5.97 Å². The number of aromatic nitrogens is 3. The molecular weight excluding hydrogens is 206 g/mol. The SMILES string of the molecule is CC(C)(C)c1nnc2n1CCCC2C(=O)O. The maximum absolute atomic E-state index is 11.1. The van der Waals surface area contributed by atoms with E-state index in [9.17, 15) is 4.79 Å². The normalized spacial score (nSPS) is 20.6. The van der Waals surface area contributed by atoms with Crippen molar-refractivity contribution in [3.05, 3.63) is 11.6 Å². The number of nitrogens with zero attached hydrogens (tertiary/aromatic N) is 3. The highest BCUT2D eigenvalue weighted by Crippen LogP contribution is 2.30. The van der Waals surface area contributed by atoms with Gasteiger partial charge in [-0.2, -0.15) is 0 Å². The maximum Gasteiger partial charge on any atom is 0.314 e. The summed E-state index contributed by atoms with van der Waals surface area (Å²) in [6.45, 7) is 7.02. The molecule has 0 aliphatic carbocycles. The van der Waals surface area contributed by atoms with Crippen molar-refractivity contribution in [1.82, 2.24) is 14.8 Å². The van der Waals surface area contributed by atoms with Gasteiger partial charge in [0.15, 0.2) is 0 Å². The number of hydrogen-bond acceptors (Lipinski definition) is 3. The molecule has 5 heteroatoms. The summed E-state index contributed by atoms with van der Waals surface area (Å²) >= 11 is 0. The second-order valence-electron chi connectivity index (χ2n) is 5.32. The summed E-state index contributed by atoms with van der Waals surface area (Å²) < 4.78 is 1.97. The van der Waals surface area contributed by atoms with Crippen LogP contribution in [0.3, 0.4) is 0 Å². The summed E-state index contributed by atoms with van der Waals surface area (Å²) in [7, 11) is 0. The van der Waals surface area contributed by atoms with Gasteiger partial charge in [-0.25, -0.2) is 0 Å². The Kier molecular flexibility index (Phi) is 2.48. The van der Waals surface area contributed by atoms with Crippen molar-refractivity contribution in [3.8, 4) is 0 Å². The van der Waals surface area contributed by atoms with Crippen molar-refractivity contribution < 1.29 is 9.90 Å². The number of carboxylic acid groups (broad SMARTS) is 1. The number of rotatable bonds is 1. The van der Waals surface area contributed by atoms with Gasteiger partial charge in [0, 0.05) is 12.0 Å². The van der Waals surface area contributed by atoms with E-state index in [1.165, 1.54) is 0 Å². The predicted molar refractivity (Wildman–Crippen MR) is 58.3 cm³/mol. The molecule has 0 spiro atoms. The van der Waals surface area contributed by atoms with Gasteiger partial charge in [-0.3, -0.25) is 4.79 Å². The van der Waals surface area contributed by atoms with Gasteiger partial charge < -0.3 is 9.67 Å². The van der Waals surface area contributed by atoms with Gasteiger partial charge in [-0.15, -0.1) is 10.2 Å². The maximum atomic E-state index is 11.1. The molecule has 0 aromatic carbocycles. The topological polar surface area (TPSA) is 68.0 Å². The van der Waals surface area contributed by atoms with E-state index < -0.39 is 11.9 Å². The quantitative estimate of drug-likeness (QED) is 0.784. The van der Waals surface area contributed by atoms with Crippen LogP contribution in [0.4, 0.5) is 0 Å². The molecule has 1 aliphatic rings. The van der Waals surface area contributed by atoms with Gasteiger partial charge in [0.2, 0.25) is 0 Å². The number of hydrogen-bond donors (Lipinski definition) is 1. The third-order valence-corrected chi connectivity index (χ3v) is 2.93. The van der Waals surface area contributed by atoms with Gasteiger partial charge in [-0.1, -0.05) is 20.8 Å². The molecule has 5 nitrogen and oxygen atoms in total. The lowest BCUT2D eigenvalue weighted by Gasteiger charge is -2.24. The molecule has 88 valence electrons. The molecular formula is C11H17N3O2. The minimum absolute atomic E-state index is 0.0916. The Labute approximate surface area is 94.5 Å². The van der Waals surface area contributed by atoms with E-state index in [4.69, 9.17) is 5.11 Å². The van der Waals surface area contributed by atoms with Crippen LogP contribution in [0.2, 0.25) is 0 Å². The Morgan fingerprint density at radius 2 is 2.12 bits per heavy atom. The predicted octanol–water partition coefficient (Wildman–Crippen LogP) is 1.54. The second-order valence-corrected chi connectivity index (χ2v) is 5.32. The Bertz CT molecular complexity index is 417. The molecule has 2 heterocycles. The fourth-order valence-electron chi connectivity index (χ4n) is 2.16. The van der Waals surface area contributed by atoms with E-state index in [2.05, 4.69) is 31.0 Å². The molecule has 0 fully saturated rings. The molecule has 16 heavy (non-hydrogen) atoms. The van der Waals surface area contributed by atoms with Crippen LogP contribution in [0.1, 0.15) is 51.2 Å². The zero-order valence-corrected chi connectivity index (χ0v) is 9.90. The minimum Gasteiger partial charge on any atom is -0.481 e. The average molecular weight is 223 g/mol. The largest absolute Gasteiger partial charge is 0.481 e. The van der Waals surface area contributed by atoms with Crippen molar-refractivity contribution >= 4 is 5.97 Å². The van der Waals surface area contributed by atoms with Crippen LogP contribution in [0, 0.1) is 0 Å². The van der Waals surface area contributed by atoms with Gasteiger partial charge in [0.25, 0.3) is 0 Å². The molecule has 1 unspecified atom stereocenters. The molecule has 0 saturated carbocycles. The Morgan fingerprint density at radius 3 is 2.69 bits per heavy atom. The van der Waals surface area contributed by atoms with Crippen molar-refractivity contribution in [2.45, 2.75) is 51.5 Å². The molecule has 1 aromatic rings. The van der Waals surface area contributed by atoms with Crippen LogP contribution >= 0.6 is 0 Å². The highest BCUT2D eigenvalue weighted by Gasteiger charge is 2.33. The monoisotopic (exact) mass is 223 g/mol. The third kappa shape index (κ3) is 1.70. The molecule has 1 aromatic heterocycles. The van der Waals surface area contributed by atoms with E-state index >= 15 is 0 Å². The number of carboxylic acids is 1. The van der Waals surface area contributed by atoms with Gasteiger partial charge in [0.1, 0.15) is 17.6 Å². The summed E-state index contributed by atoms with van der Waals surface area (Å²) in [5, 5.41) is 17.3. The lowest BCUT2D eigenvalue weighted by atomic mass is 9.93. The number of aliphatic carboxylic acids is 1. The van der Waals surface area contributed by atoms with Crippen LogP contribution in [0.25, 0.3) is 0 Å². The van der Waals surface area contributed by atoms with Crippen molar-refractivity contribution in [3.63, 3.8) is 0 Å². The minimum atomic E-state index is -0.797. The Hall–Kier alpha value is -1.39. The van der Waals surface area contributed by atoms with E-state index in [1.54, 1.807) is 0 Å². The van der Waals surface area contributed by atoms with E-state index in [-0.39, 0.29) is 5.41 Å². The van der Waals surface area contributed by atoms with E-state index in [1.807, 2.05) is 4.57 Å². The summed E-state index contributed by atoms with van der Waals surface area (Å²) in [6, 6.07) is 0. The van der Waals surface area contributed by atoms with Crippen LogP contribution in [-0.4, -0.2) is 25.8 Å². The Morgan fingerprint density at radius 1 is 1.44 bits per heavy atom. The lowest BCUT2D eigenvalue weighted by Crippen LogP contribution is -2.26. The summed E-state index contributed by atoms with van der Waals surface area (Å²) in [6.07, 6.45) is 1.54. The molecule has 0 saturated heterocycles. The number of fused-ring (bicyclic) bond motifs is 1. The first-order valence-corrected chi connectivity index (χ1v) is 5.57. The highest BCUT2D eigenvalue weighted by atomic mass is 16.4. The van der Waals surface area contributed by atoms with Crippen LogP contribution in [0.5, 0.6) is 0 Å².